The van der Waals surface area contributed by atoms with Gasteiger partial charge in [0, 0.05) is 35.6 Å². The molecule has 9 heteroatoms. The number of hydrogen-bond donors (Lipinski definition) is 1. The molecular weight excluding hydrogens is 435 g/mol. The second kappa shape index (κ2) is 11.0. The highest BCUT2D eigenvalue weighted by Crippen LogP contribution is 2.34. The Morgan fingerprint density at radius 1 is 1.09 bits per heavy atom. The molecule has 1 amide bonds. The molecule has 0 fully saturated rings. The average molecular weight is 461 g/mol. The highest BCUT2D eigenvalue weighted by atomic mass is 19.4. The topological polar surface area (TPSA) is 71.0 Å². The lowest BCUT2D eigenvalue weighted by Crippen LogP contribution is -2.28. The summed E-state index contributed by atoms with van der Waals surface area (Å²) in [7, 11) is 0. The normalized spacial score (nSPS) is 15.7. The van der Waals surface area contributed by atoms with Crippen molar-refractivity contribution >= 4 is 5.91 Å². The number of benzene rings is 2. The van der Waals surface area contributed by atoms with Crippen molar-refractivity contribution < 1.29 is 22.7 Å². The zero-order valence-corrected chi connectivity index (χ0v) is 18.3. The van der Waals surface area contributed by atoms with Crippen LogP contribution in [-0.2, 0) is 17.5 Å². The van der Waals surface area contributed by atoms with Gasteiger partial charge in [0.2, 0.25) is 0 Å². The molecule has 2 aromatic carbocycles. The minimum Gasteiger partial charge on any atom is -0.493 e. The van der Waals surface area contributed by atoms with Gasteiger partial charge in [-0.2, -0.15) is 13.2 Å². The van der Waals surface area contributed by atoms with Gasteiger partial charge in [-0.05, 0) is 49.9 Å². The molecule has 0 saturated carbocycles. The standard InChI is InChI=1S/C24H26F3N3O3/c1-17-15-28-23(18-10-12-20(13-11-18)24(25,26)27)30(17)16-19-7-4-5-8-21(19)33-14-6-2-3-9-22(31)29-32/h4-5,7-8,10-13,15,23,28H,2-3,6,9,14,16H2,1H3. The van der Waals surface area contributed by atoms with E-state index in [2.05, 4.69) is 15.4 Å². The number of amides is 1. The summed E-state index contributed by atoms with van der Waals surface area (Å²) in [5.41, 5.74) is 1.97. The lowest BCUT2D eigenvalue weighted by atomic mass is 10.1. The summed E-state index contributed by atoms with van der Waals surface area (Å²) >= 11 is 0. The molecule has 33 heavy (non-hydrogen) atoms. The van der Waals surface area contributed by atoms with E-state index in [1.807, 2.05) is 37.4 Å². The second-order valence-electron chi connectivity index (χ2n) is 7.85. The van der Waals surface area contributed by atoms with Crippen LogP contribution in [-0.4, -0.2) is 17.4 Å². The van der Waals surface area contributed by atoms with Crippen molar-refractivity contribution in [2.45, 2.75) is 51.5 Å². The number of carbonyl (C=O) groups excluding carboxylic acids is 1. The van der Waals surface area contributed by atoms with Gasteiger partial charge in [0.1, 0.15) is 11.9 Å². The molecule has 6 nitrogen and oxygen atoms in total. The molecule has 1 N–H and O–H groups in total. The summed E-state index contributed by atoms with van der Waals surface area (Å²) in [5, 5.41) is 5.61. The Morgan fingerprint density at radius 2 is 1.82 bits per heavy atom. The number of allylic oxidation sites excluding steroid dienone is 1. The third-order valence-corrected chi connectivity index (χ3v) is 5.48. The van der Waals surface area contributed by atoms with E-state index in [-0.39, 0.29) is 12.6 Å². The number of nitroso groups, excluding NO2 is 1. The predicted molar refractivity (Wildman–Crippen MR) is 118 cm³/mol. The number of para-hydroxylation sites is 1. The van der Waals surface area contributed by atoms with Crippen LogP contribution in [0.25, 0.3) is 0 Å². The number of ether oxygens (including phenoxy) is 1. The van der Waals surface area contributed by atoms with E-state index in [4.69, 9.17) is 4.74 Å². The second-order valence-corrected chi connectivity index (χ2v) is 7.85. The fourth-order valence-electron chi connectivity index (χ4n) is 3.66. The van der Waals surface area contributed by atoms with Crippen LogP contribution in [0, 0.1) is 4.91 Å². The third-order valence-electron chi connectivity index (χ3n) is 5.48. The number of nitrogens with one attached hydrogen (secondary N) is 1. The molecule has 1 aliphatic heterocycles. The van der Waals surface area contributed by atoms with Gasteiger partial charge in [-0.1, -0.05) is 30.3 Å². The Morgan fingerprint density at radius 3 is 2.52 bits per heavy atom. The monoisotopic (exact) mass is 461 g/mol. The van der Waals surface area contributed by atoms with Crippen LogP contribution in [0.3, 0.4) is 0 Å². The summed E-state index contributed by atoms with van der Waals surface area (Å²) in [6.07, 6.45) is -0.582. The van der Waals surface area contributed by atoms with Gasteiger partial charge in [0.15, 0.2) is 0 Å². The van der Waals surface area contributed by atoms with E-state index in [1.54, 1.807) is 0 Å². The Kier molecular flexibility index (Phi) is 8.08. The third kappa shape index (κ3) is 6.57. The maximum Gasteiger partial charge on any atom is 0.416 e. The molecule has 0 saturated heterocycles. The van der Waals surface area contributed by atoms with Gasteiger partial charge in [-0.15, -0.1) is 4.91 Å². The highest BCUT2D eigenvalue weighted by Gasteiger charge is 2.31. The number of unbranched alkanes of at least 4 members (excludes halogenated alkanes) is 2. The van der Waals surface area contributed by atoms with Crippen LogP contribution in [0.1, 0.15) is 55.5 Å². The number of halogens is 3. The first kappa shape index (κ1) is 24.3. The maximum absolute atomic E-state index is 12.9. The number of alkyl halides is 3. The summed E-state index contributed by atoms with van der Waals surface area (Å²) in [4.78, 5) is 23.1. The Hall–Kier alpha value is -3.36. The van der Waals surface area contributed by atoms with E-state index < -0.39 is 17.6 Å². The Labute approximate surface area is 190 Å². The van der Waals surface area contributed by atoms with Crippen LogP contribution in [0.5, 0.6) is 5.75 Å². The van der Waals surface area contributed by atoms with E-state index in [0.29, 0.717) is 19.6 Å². The molecule has 2 aromatic rings. The first-order chi connectivity index (χ1) is 15.8. The molecule has 3 rings (SSSR count). The van der Waals surface area contributed by atoms with Gasteiger partial charge in [-0.3, -0.25) is 4.79 Å². The Balaban J connectivity index is 1.62. The summed E-state index contributed by atoms with van der Waals surface area (Å²) < 4.78 is 44.7. The molecule has 1 atom stereocenters. The minimum atomic E-state index is -4.37. The van der Waals surface area contributed by atoms with Crippen molar-refractivity contribution in [3.05, 3.63) is 82.0 Å². The first-order valence-electron chi connectivity index (χ1n) is 10.7. The molecule has 1 heterocycles. The van der Waals surface area contributed by atoms with Crippen molar-refractivity contribution in [3.8, 4) is 5.75 Å². The lowest BCUT2D eigenvalue weighted by Gasteiger charge is -2.29. The van der Waals surface area contributed by atoms with Crippen molar-refractivity contribution in [2.75, 3.05) is 6.61 Å². The van der Waals surface area contributed by atoms with Crippen molar-refractivity contribution in [1.82, 2.24) is 10.2 Å². The number of hydrogen-bond acceptors (Lipinski definition) is 5. The molecule has 1 unspecified atom stereocenters. The fourth-order valence-corrected chi connectivity index (χ4v) is 3.66. The summed E-state index contributed by atoms with van der Waals surface area (Å²) in [6.45, 7) is 2.92. The van der Waals surface area contributed by atoms with E-state index >= 15 is 0 Å². The fraction of sp³-hybridized carbons (Fsp3) is 0.375. The van der Waals surface area contributed by atoms with Crippen molar-refractivity contribution in [3.63, 3.8) is 0 Å². The zero-order chi connectivity index (χ0) is 23.8. The molecule has 0 spiro atoms. The zero-order valence-electron chi connectivity index (χ0n) is 18.3. The molecule has 176 valence electrons. The highest BCUT2D eigenvalue weighted by molar-refractivity contribution is 5.76. The largest absolute Gasteiger partial charge is 0.493 e. The molecule has 0 radical (unpaired) electrons. The lowest BCUT2D eigenvalue weighted by molar-refractivity contribution is -0.137. The van der Waals surface area contributed by atoms with Crippen LogP contribution in [0.15, 0.2) is 65.6 Å². The van der Waals surface area contributed by atoms with Crippen LogP contribution >= 0.6 is 0 Å². The molecule has 0 aliphatic carbocycles. The van der Waals surface area contributed by atoms with Crippen molar-refractivity contribution in [2.24, 2.45) is 5.18 Å². The van der Waals surface area contributed by atoms with Crippen molar-refractivity contribution in [1.29, 1.82) is 0 Å². The van der Waals surface area contributed by atoms with Crippen LogP contribution < -0.4 is 10.1 Å². The molecular formula is C24H26F3N3O3. The predicted octanol–water partition coefficient (Wildman–Crippen LogP) is 5.90. The smallest absolute Gasteiger partial charge is 0.416 e. The number of nitrogens with zero attached hydrogens (tertiary/aromatic N) is 2. The summed E-state index contributed by atoms with van der Waals surface area (Å²) in [5.74, 6) is 0.0977. The van der Waals surface area contributed by atoms with E-state index in [9.17, 15) is 22.9 Å². The van der Waals surface area contributed by atoms with Crippen LogP contribution in [0.2, 0.25) is 0 Å². The SMILES string of the molecule is CC1=CNC(c2ccc(C(F)(F)F)cc2)N1Cc1ccccc1OCCCCCC(=O)N=O. The van der Waals surface area contributed by atoms with Gasteiger partial charge < -0.3 is 15.0 Å². The van der Waals surface area contributed by atoms with Crippen LogP contribution in [0.4, 0.5) is 13.2 Å². The summed E-state index contributed by atoms with van der Waals surface area (Å²) in [6, 6.07) is 12.8. The van der Waals surface area contributed by atoms with Gasteiger partial charge >= 0.3 is 6.18 Å². The quantitative estimate of drug-likeness (QED) is 0.352. The number of carbonyl (C=O) groups is 1. The molecule has 1 aliphatic rings. The van der Waals surface area contributed by atoms with Gasteiger partial charge in [-0.25, -0.2) is 0 Å². The Bertz CT molecular complexity index is 990. The van der Waals surface area contributed by atoms with E-state index in [0.717, 1.165) is 47.5 Å². The van der Waals surface area contributed by atoms with E-state index in [1.165, 1.54) is 12.1 Å². The average Bonchev–Trinajstić information content (AvgIpc) is 3.16. The molecule has 0 aromatic heterocycles. The number of rotatable bonds is 10. The minimum absolute atomic E-state index is 0.152. The molecule has 0 bridgehead atoms. The maximum atomic E-state index is 12.9. The van der Waals surface area contributed by atoms with Gasteiger partial charge in [0.05, 0.1) is 12.2 Å². The van der Waals surface area contributed by atoms with Gasteiger partial charge in [0.25, 0.3) is 5.91 Å². The first-order valence-corrected chi connectivity index (χ1v) is 10.7.